The van der Waals surface area contributed by atoms with E-state index < -0.39 is 0 Å². The molecule has 80 valence electrons. The number of halogens is 1. The van der Waals surface area contributed by atoms with Gasteiger partial charge in [0.1, 0.15) is 5.75 Å². The van der Waals surface area contributed by atoms with Gasteiger partial charge in [-0.25, -0.2) is 0 Å². The van der Waals surface area contributed by atoms with Crippen molar-refractivity contribution in [2.24, 2.45) is 5.41 Å². The fourth-order valence-electron chi connectivity index (χ4n) is 2.49. The summed E-state index contributed by atoms with van der Waals surface area (Å²) < 4.78 is 5.69. The summed E-state index contributed by atoms with van der Waals surface area (Å²) in [6, 6.07) is 8.39. The summed E-state index contributed by atoms with van der Waals surface area (Å²) in [7, 11) is 0. The minimum atomic E-state index is 0.438. The molecule has 0 aromatic heterocycles. The van der Waals surface area contributed by atoms with Crippen molar-refractivity contribution in [3.63, 3.8) is 0 Å². The van der Waals surface area contributed by atoms with Crippen molar-refractivity contribution in [3.8, 4) is 5.75 Å². The second-order valence-electron chi connectivity index (χ2n) is 4.88. The topological polar surface area (TPSA) is 9.23 Å². The fourth-order valence-corrected chi connectivity index (χ4v) is 2.87. The van der Waals surface area contributed by atoms with E-state index >= 15 is 0 Å². The molecule has 1 aliphatic carbocycles. The van der Waals surface area contributed by atoms with Gasteiger partial charge in [0.05, 0.1) is 6.61 Å². The third-order valence-corrected chi connectivity index (χ3v) is 4.29. The Bertz CT molecular complexity index is 371. The molecule has 3 rings (SSSR count). The Hall–Kier alpha value is -0.690. The third-order valence-electron chi connectivity index (χ3n) is 3.72. The SMILES string of the molecule is ClCC1(CC2COc3ccccc32)CC1. The van der Waals surface area contributed by atoms with Crippen LogP contribution in [-0.2, 0) is 0 Å². The number of benzene rings is 1. The van der Waals surface area contributed by atoms with Crippen LogP contribution in [0.4, 0.5) is 0 Å². The van der Waals surface area contributed by atoms with Crippen LogP contribution in [-0.4, -0.2) is 12.5 Å². The molecule has 0 radical (unpaired) electrons. The standard InChI is InChI=1S/C13H15ClO/c14-9-13(5-6-13)7-10-8-15-12-4-2-1-3-11(10)12/h1-4,10H,5-9H2. The van der Waals surface area contributed by atoms with Gasteiger partial charge in [0.15, 0.2) is 0 Å². The molecule has 0 amide bonds. The van der Waals surface area contributed by atoms with Gasteiger partial charge in [-0.3, -0.25) is 0 Å². The molecule has 15 heavy (non-hydrogen) atoms. The van der Waals surface area contributed by atoms with Crippen molar-refractivity contribution in [1.29, 1.82) is 0 Å². The van der Waals surface area contributed by atoms with Gasteiger partial charge in [0.2, 0.25) is 0 Å². The Morgan fingerprint density at radius 3 is 2.87 bits per heavy atom. The summed E-state index contributed by atoms with van der Waals surface area (Å²) in [5.74, 6) is 2.46. The highest BCUT2D eigenvalue weighted by Crippen LogP contribution is 2.54. The zero-order valence-electron chi connectivity index (χ0n) is 8.71. The molecule has 0 bridgehead atoms. The number of alkyl halides is 1. The van der Waals surface area contributed by atoms with Crippen molar-refractivity contribution in [2.75, 3.05) is 12.5 Å². The van der Waals surface area contributed by atoms with Gasteiger partial charge in [-0.2, -0.15) is 0 Å². The normalized spacial score (nSPS) is 25.8. The minimum absolute atomic E-state index is 0.438. The van der Waals surface area contributed by atoms with E-state index in [1.54, 1.807) is 0 Å². The van der Waals surface area contributed by atoms with Crippen LogP contribution in [0.1, 0.15) is 30.7 Å². The highest BCUT2D eigenvalue weighted by atomic mass is 35.5. The smallest absolute Gasteiger partial charge is 0.122 e. The van der Waals surface area contributed by atoms with Crippen LogP contribution in [0.3, 0.4) is 0 Å². The Kier molecular flexibility index (Phi) is 2.17. The van der Waals surface area contributed by atoms with E-state index in [4.69, 9.17) is 16.3 Å². The van der Waals surface area contributed by atoms with E-state index in [0.29, 0.717) is 11.3 Å². The maximum absolute atomic E-state index is 6.02. The van der Waals surface area contributed by atoms with Crippen molar-refractivity contribution in [2.45, 2.75) is 25.2 Å². The first-order valence-electron chi connectivity index (χ1n) is 5.61. The molecule has 1 fully saturated rings. The molecule has 1 aliphatic heterocycles. The molecular weight excluding hydrogens is 208 g/mol. The number of hydrogen-bond donors (Lipinski definition) is 0. The first-order valence-corrected chi connectivity index (χ1v) is 6.14. The molecule has 2 aliphatic rings. The average Bonchev–Trinajstić information content (AvgIpc) is 2.95. The zero-order chi connectivity index (χ0) is 10.3. The lowest BCUT2D eigenvalue weighted by Crippen LogP contribution is -2.11. The lowest BCUT2D eigenvalue weighted by Gasteiger charge is -2.15. The Balaban J connectivity index is 1.79. The highest BCUT2D eigenvalue weighted by molar-refractivity contribution is 6.18. The fraction of sp³-hybridized carbons (Fsp3) is 0.538. The van der Waals surface area contributed by atoms with Crippen molar-refractivity contribution in [3.05, 3.63) is 29.8 Å². The van der Waals surface area contributed by atoms with E-state index in [1.165, 1.54) is 24.8 Å². The Morgan fingerprint density at radius 1 is 1.33 bits per heavy atom. The second-order valence-corrected chi connectivity index (χ2v) is 5.15. The predicted octanol–water partition coefficient (Wildman–Crippen LogP) is 3.57. The van der Waals surface area contributed by atoms with Crippen LogP contribution in [0.25, 0.3) is 0 Å². The minimum Gasteiger partial charge on any atom is -0.493 e. The summed E-state index contributed by atoms with van der Waals surface area (Å²) in [5.41, 5.74) is 1.82. The molecule has 0 saturated heterocycles. The monoisotopic (exact) mass is 222 g/mol. The quantitative estimate of drug-likeness (QED) is 0.711. The lowest BCUT2D eigenvalue weighted by molar-refractivity contribution is 0.306. The number of rotatable bonds is 3. The maximum atomic E-state index is 6.02. The Labute approximate surface area is 95.4 Å². The zero-order valence-corrected chi connectivity index (χ0v) is 9.46. The van der Waals surface area contributed by atoms with Crippen molar-refractivity contribution in [1.82, 2.24) is 0 Å². The number of para-hydroxylation sites is 1. The van der Waals surface area contributed by atoms with E-state index in [2.05, 4.69) is 18.2 Å². The summed E-state index contributed by atoms with van der Waals surface area (Å²) in [4.78, 5) is 0. The van der Waals surface area contributed by atoms with Gasteiger partial charge in [-0.15, -0.1) is 11.6 Å². The molecule has 2 heteroatoms. The molecule has 1 aromatic rings. The largest absolute Gasteiger partial charge is 0.493 e. The predicted molar refractivity (Wildman–Crippen MR) is 61.7 cm³/mol. The van der Waals surface area contributed by atoms with Gasteiger partial charge in [-0.1, -0.05) is 18.2 Å². The highest BCUT2D eigenvalue weighted by Gasteiger charge is 2.44. The number of fused-ring (bicyclic) bond motifs is 1. The first-order chi connectivity index (χ1) is 7.33. The molecule has 1 unspecified atom stereocenters. The summed E-state index contributed by atoms with van der Waals surface area (Å²) >= 11 is 6.02. The first kappa shape index (κ1) is 9.53. The van der Waals surface area contributed by atoms with E-state index in [9.17, 15) is 0 Å². The summed E-state index contributed by atoms with van der Waals surface area (Å²) in [6.07, 6.45) is 3.80. The van der Waals surface area contributed by atoms with Crippen LogP contribution < -0.4 is 4.74 Å². The molecule has 1 aromatic carbocycles. The van der Waals surface area contributed by atoms with Crippen molar-refractivity contribution >= 4 is 11.6 Å². The summed E-state index contributed by atoms with van der Waals surface area (Å²) in [6.45, 7) is 0.845. The van der Waals surface area contributed by atoms with Gasteiger partial charge in [0, 0.05) is 17.4 Å². The van der Waals surface area contributed by atoms with Crippen LogP contribution >= 0.6 is 11.6 Å². The van der Waals surface area contributed by atoms with Crippen LogP contribution in [0, 0.1) is 5.41 Å². The van der Waals surface area contributed by atoms with E-state index in [0.717, 1.165) is 18.2 Å². The molecule has 1 saturated carbocycles. The van der Waals surface area contributed by atoms with E-state index in [1.807, 2.05) is 6.07 Å². The summed E-state index contributed by atoms with van der Waals surface area (Å²) in [5, 5.41) is 0. The lowest BCUT2D eigenvalue weighted by atomic mass is 9.89. The number of hydrogen-bond acceptors (Lipinski definition) is 1. The molecular formula is C13H15ClO. The van der Waals surface area contributed by atoms with Gasteiger partial charge >= 0.3 is 0 Å². The van der Waals surface area contributed by atoms with Crippen LogP contribution in [0.15, 0.2) is 24.3 Å². The second kappa shape index (κ2) is 3.41. The molecule has 1 atom stereocenters. The van der Waals surface area contributed by atoms with Gasteiger partial charge in [-0.05, 0) is 30.7 Å². The molecule has 0 spiro atoms. The molecule has 1 nitrogen and oxygen atoms in total. The Morgan fingerprint density at radius 2 is 2.13 bits per heavy atom. The maximum Gasteiger partial charge on any atom is 0.122 e. The third kappa shape index (κ3) is 1.63. The number of ether oxygens (including phenoxy) is 1. The molecule has 0 N–H and O–H groups in total. The van der Waals surface area contributed by atoms with Crippen LogP contribution in [0.5, 0.6) is 5.75 Å². The average molecular weight is 223 g/mol. The van der Waals surface area contributed by atoms with Gasteiger partial charge in [0.25, 0.3) is 0 Å². The van der Waals surface area contributed by atoms with Crippen LogP contribution in [0.2, 0.25) is 0 Å². The van der Waals surface area contributed by atoms with Crippen molar-refractivity contribution < 1.29 is 4.74 Å². The van der Waals surface area contributed by atoms with Gasteiger partial charge < -0.3 is 4.74 Å². The molecule has 1 heterocycles. The van der Waals surface area contributed by atoms with E-state index in [-0.39, 0.29) is 0 Å².